The number of nitrogens with one attached hydrogen (secondary N) is 2. The number of rotatable bonds is 3. The lowest BCUT2D eigenvalue weighted by atomic mass is 10.1. The lowest BCUT2D eigenvalue weighted by Gasteiger charge is -2.23. The first-order chi connectivity index (χ1) is 10.6. The Balaban J connectivity index is 0.00000192. The summed E-state index contributed by atoms with van der Waals surface area (Å²) in [5.41, 5.74) is 3.37. The molecule has 23 heavy (non-hydrogen) atoms. The molecular weight excluding hydrogens is 318 g/mol. The van der Waals surface area contributed by atoms with E-state index in [0.29, 0.717) is 19.0 Å². The van der Waals surface area contributed by atoms with E-state index in [2.05, 4.69) is 15.6 Å². The van der Waals surface area contributed by atoms with Crippen molar-refractivity contribution >= 4 is 24.0 Å². The molecule has 1 saturated heterocycles. The third kappa shape index (κ3) is 4.10. The van der Waals surface area contributed by atoms with Crippen molar-refractivity contribution in [2.45, 2.75) is 20.0 Å². The molecule has 1 aliphatic rings. The lowest BCUT2D eigenvalue weighted by Crippen LogP contribution is -2.45. The SMILES string of the molecule is Cc1coc(-c2ccc(C)c(NC(=O)[C@H]3CNCCO3)c2)n1.Cl. The molecule has 1 aromatic carbocycles. The topological polar surface area (TPSA) is 76.4 Å². The highest BCUT2D eigenvalue weighted by Gasteiger charge is 2.22. The number of aryl methyl sites for hydroxylation is 2. The van der Waals surface area contributed by atoms with Gasteiger partial charge in [0.15, 0.2) is 0 Å². The Morgan fingerprint density at radius 2 is 2.22 bits per heavy atom. The number of anilines is 1. The van der Waals surface area contributed by atoms with E-state index >= 15 is 0 Å². The summed E-state index contributed by atoms with van der Waals surface area (Å²) in [6, 6.07) is 5.73. The quantitative estimate of drug-likeness (QED) is 0.898. The molecule has 1 aliphatic heterocycles. The van der Waals surface area contributed by atoms with Gasteiger partial charge in [0.1, 0.15) is 12.4 Å². The Kier molecular flexibility index (Phi) is 5.76. The third-order valence-electron chi connectivity index (χ3n) is 3.58. The highest BCUT2D eigenvalue weighted by molar-refractivity contribution is 5.95. The van der Waals surface area contributed by atoms with E-state index in [1.807, 2.05) is 32.0 Å². The summed E-state index contributed by atoms with van der Waals surface area (Å²) in [5, 5.41) is 6.07. The standard InChI is InChI=1S/C16H19N3O3.ClH/c1-10-3-4-12(16-18-11(2)9-22-16)7-13(10)19-15(20)14-8-17-5-6-21-14;/h3-4,7,9,14,17H,5-6,8H2,1-2H3,(H,19,20);1H/t14-;/m1./s1. The number of ether oxygens (including phenoxy) is 1. The molecule has 7 heteroatoms. The fourth-order valence-corrected chi connectivity index (χ4v) is 2.32. The van der Waals surface area contributed by atoms with Crippen LogP contribution in [-0.4, -0.2) is 36.7 Å². The van der Waals surface area contributed by atoms with Crippen LogP contribution in [0, 0.1) is 13.8 Å². The summed E-state index contributed by atoms with van der Waals surface area (Å²) >= 11 is 0. The molecule has 0 unspecified atom stereocenters. The van der Waals surface area contributed by atoms with Gasteiger partial charge in [-0.1, -0.05) is 6.07 Å². The van der Waals surface area contributed by atoms with E-state index in [-0.39, 0.29) is 18.3 Å². The number of aromatic nitrogens is 1. The molecule has 1 atom stereocenters. The minimum Gasteiger partial charge on any atom is -0.444 e. The number of carbonyl (C=O) groups excluding carboxylic acids is 1. The van der Waals surface area contributed by atoms with Crippen LogP contribution in [0.2, 0.25) is 0 Å². The minimum atomic E-state index is -0.458. The molecule has 2 N–H and O–H groups in total. The maximum absolute atomic E-state index is 12.3. The number of nitrogens with zero attached hydrogens (tertiary/aromatic N) is 1. The summed E-state index contributed by atoms with van der Waals surface area (Å²) in [5.74, 6) is 0.402. The maximum atomic E-state index is 12.3. The first-order valence-corrected chi connectivity index (χ1v) is 7.30. The monoisotopic (exact) mass is 337 g/mol. The van der Waals surface area contributed by atoms with Gasteiger partial charge in [-0.25, -0.2) is 4.98 Å². The summed E-state index contributed by atoms with van der Waals surface area (Å²) in [6.45, 7) is 5.68. The molecule has 1 fully saturated rings. The van der Waals surface area contributed by atoms with E-state index in [4.69, 9.17) is 9.15 Å². The van der Waals surface area contributed by atoms with Crippen LogP contribution in [0.4, 0.5) is 5.69 Å². The Morgan fingerprint density at radius 3 is 2.87 bits per heavy atom. The van der Waals surface area contributed by atoms with Crippen LogP contribution >= 0.6 is 12.4 Å². The molecule has 2 heterocycles. The van der Waals surface area contributed by atoms with Crippen LogP contribution in [0.5, 0.6) is 0 Å². The van der Waals surface area contributed by atoms with Crippen LogP contribution in [-0.2, 0) is 9.53 Å². The van der Waals surface area contributed by atoms with E-state index in [0.717, 1.165) is 29.1 Å². The van der Waals surface area contributed by atoms with Crippen molar-refractivity contribution in [3.05, 3.63) is 35.7 Å². The van der Waals surface area contributed by atoms with Crippen LogP contribution in [0.15, 0.2) is 28.9 Å². The Morgan fingerprint density at radius 1 is 1.39 bits per heavy atom. The molecule has 1 amide bonds. The van der Waals surface area contributed by atoms with Crippen molar-refractivity contribution in [3.8, 4) is 11.5 Å². The van der Waals surface area contributed by atoms with Gasteiger partial charge in [-0.05, 0) is 31.5 Å². The first-order valence-electron chi connectivity index (χ1n) is 7.30. The molecule has 124 valence electrons. The fraction of sp³-hybridized carbons (Fsp3) is 0.375. The number of oxazole rings is 1. The second-order valence-electron chi connectivity index (χ2n) is 5.38. The smallest absolute Gasteiger partial charge is 0.254 e. The zero-order chi connectivity index (χ0) is 15.5. The fourth-order valence-electron chi connectivity index (χ4n) is 2.32. The molecule has 0 aliphatic carbocycles. The third-order valence-corrected chi connectivity index (χ3v) is 3.58. The average Bonchev–Trinajstić information content (AvgIpc) is 2.97. The highest BCUT2D eigenvalue weighted by atomic mass is 35.5. The van der Waals surface area contributed by atoms with Crippen molar-refractivity contribution in [1.82, 2.24) is 10.3 Å². The van der Waals surface area contributed by atoms with Crippen LogP contribution in [0.25, 0.3) is 11.5 Å². The summed E-state index contributed by atoms with van der Waals surface area (Å²) in [4.78, 5) is 16.6. The van der Waals surface area contributed by atoms with Gasteiger partial charge in [0, 0.05) is 24.3 Å². The Hall–Kier alpha value is -1.89. The molecular formula is C16H20ClN3O3. The summed E-state index contributed by atoms with van der Waals surface area (Å²) < 4.78 is 10.9. The van der Waals surface area contributed by atoms with Crippen molar-refractivity contribution in [2.75, 3.05) is 25.0 Å². The molecule has 6 nitrogen and oxygen atoms in total. The van der Waals surface area contributed by atoms with Gasteiger partial charge in [-0.15, -0.1) is 12.4 Å². The van der Waals surface area contributed by atoms with Gasteiger partial charge in [0.2, 0.25) is 5.89 Å². The predicted octanol–water partition coefficient (Wildman–Crippen LogP) is 2.31. The number of morpholine rings is 1. The number of amides is 1. The molecule has 0 bridgehead atoms. The van der Waals surface area contributed by atoms with Crippen LogP contribution < -0.4 is 10.6 Å². The zero-order valence-corrected chi connectivity index (χ0v) is 13.9. The van der Waals surface area contributed by atoms with Gasteiger partial charge < -0.3 is 19.8 Å². The van der Waals surface area contributed by atoms with E-state index in [1.54, 1.807) is 6.26 Å². The largest absolute Gasteiger partial charge is 0.444 e. The minimum absolute atomic E-state index is 0. The summed E-state index contributed by atoms with van der Waals surface area (Å²) in [6.07, 6.45) is 1.15. The molecule has 0 spiro atoms. The van der Waals surface area contributed by atoms with Gasteiger partial charge in [0.25, 0.3) is 5.91 Å². The van der Waals surface area contributed by atoms with Crippen molar-refractivity contribution in [1.29, 1.82) is 0 Å². The number of carbonyl (C=O) groups is 1. The highest BCUT2D eigenvalue weighted by Crippen LogP contribution is 2.25. The second-order valence-corrected chi connectivity index (χ2v) is 5.38. The normalized spacial score (nSPS) is 17.4. The van der Waals surface area contributed by atoms with E-state index in [9.17, 15) is 4.79 Å². The maximum Gasteiger partial charge on any atom is 0.254 e. The van der Waals surface area contributed by atoms with E-state index in [1.165, 1.54) is 0 Å². The zero-order valence-electron chi connectivity index (χ0n) is 13.1. The lowest BCUT2D eigenvalue weighted by molar-refractivity contribution is -0.128. The molecule has 1 aromatic heterocycles. The first kappa shape index (κ1) is 17.5. The summed E-state index contributed by atoms with van der Waals surface area (Å²) in [7, 11) is 0. The number of benzene rings is 1. The predicted molar refractivity (Wildman–Crippen MR) is 89.9 cm³/mol. The van der Waals surface area contributed by atoms with Gasteiger partial charge >= 0.3 is 0 Å². The molecule has 2 aromatic rings. The number of hydrogen-bond donors (Lipinski definition) is 2. The van der Waals surface area contributed by atoms with Crippen LogP contribution in [0.1, 0.15) is 11.3 Å². The van der Waals surface area contributed by atoms with Crippen LogP contribution in [0.3, 0.4) is 0 Å². The van der Waals surface area contributed by atoms with Gasteiger partial charge in [-0.3, -0.25) is 4.79 Å². The molecule has 0 radical (unpaired) electrons. The van der Waals surface area contributed by atoms with Crippen molar-refractivity contribution in [2.24, 2.45) is 0 Å². The average molecular weight is 338 g/mol. The van der Waals surface area contributed by atoms with Gasteiger partial charge in [0.05, 0.1) is 12.3 Å². The Labute approximate surface area is 141 Å². The molecule has 3 rings (SSSR count). The number of halogens is 1. The van der Waals surface area contributed by atoms with Crippen molar-refractivity contribution < 1.29 is 13.9 Å². The molecule has 0 saturated carbocycles. The van der Waals surface area contributed by atoms with Crippen molar-refractivity contribution in [3.63, 3.8) is 0 Å². The van der Waals surface area contributed by atoms with Gasteiger partial charge in [-0.2, -0.15) is 0 Å². The van der Waals surface area contributed by atoms with E-state index < -0.39 is 6.10 Å². The second kappa shape index (κ2) is 7.59. The Bertz CT molecular complexity index is 681. The number of hydrogen-bond acceptors (Lipinski definition) is 5.